The molecule has 4 nitrogen and oxygen atoms in total. The lowest BCUT2D eigenvalue weighted by atomic mass is 9.77. The summed E-state index contributed by atoms with van der Waals surface area (Å²) in [5, 5.41) is 2.12. The summed E-state index contributed by atoms with van der Waals surface area (Å²) in [5.41, 5.74) is 12.2. The van der Waals surface area contributed by atoms with Crippen molar-refractivity contribution in [2.24, 2.45) is 5.73 Å². The Morgan fingerprint density at radius 3 is 1.23 bits per heavy atom. The molecule has 35 heavy (non-hydrogen) atoms. The number of rotatable bonds is 2. The molecule has 0 saturated carbocycles. The second-order valence-corrected chi connectivity index (χ2v) is 15.0. The summed E-state index contributed by atoms with van der Waals surface area (Å²) < 4.78 is 19.2. The van der Waals surface area contributed by atoms with Gasteiger partial charge in [-0.2, -0.15) is 0 Å². The maximum absolute atomic E-state index is 6.61. The molecule has 1 atom stereocenters. The molecule has 0 radical (unpaired) electrons. The zero-order valence-corrected chi connectivity index (χ0v) is 25.0. The molecule has 0 aliphatic carbocycles. The number of hydrogen-bond donors (Lipinski definition) is 1. The lowest BCUT2D eigenvalue weighted by Gasteiger charge is -2.27. The molecule has 1 heterocycles. The molecule has 194 valence electrons. The lowest BCUT2D eigenvalue weighted by molar-refractivity contribution is 0.287. The fraction of sp³-hybridized carbons (Fsp3) is 0.600. The summed E-state index contributed by atoms with van der Waals surface area (Å²) >= 11 is 0. The Kier molecular flexibility index (Phi) is 7.14. The first-order chi connectivity index (χ1) is 15.7. The minimum absolute atomic E-state index is 0.0240. The average Bonchev–Trinajstić information content (AvgIpc) is 2.78. The van der Waals surface area contributed by atoms with Gasteiger partial charge in [-0.1, -0.05) is 95.2 Å². The Morgan fingerprint density at radius 2 is 0.971 bits per heavy atom. The molecule has 2 aromatic carbocycles. The van der Waals surface area contributed by atoms with Gasteiger partial charge in [0.15, 0.2) is 0 Å². The Hall–Kier alpha value is -1.74. The number of benzene rings is 2. The summed E-state index contributed by atoms with van der Waals surface area (Å²) in [7, 11) is -1.74. The van der Waals surface area contributed by atoms with Crippen molar-refractivity contribution in [1.82, 2.24) is 0 Å². The van der Waals surface area contributed by atoms with E-state index in [0.29, 0.717) is 0 Å². The molecule has 2 N–H and O–H groups in total. The minimum Gasteiger partial charge on any atom is -0.399 e. The third kappa shape index (κ3) is 5.98. The lowest BCUT2D eigenvalue weighted by Crippen LogP contribution is -2.21. The molecular formula is C30H46NO3P. The van der Waals surface area contributed by atoms with Gasteiger partial charge in [0.2, 0.25) is 0 Å². The predicted octanol–water partition coefficient (Wildman–Crippen LogP) is 9.21. The van der Waals surface area contributed by atoms with Gasteiger partial charge in [0.25, 0.3) is 0 Å². The van der Waals surface area contributed by atoms with Crippen LogP contribution in [0.3, 0.4) is 0 Å². The first-order valence-corrected chi connectivity index (χ1v) is 13.8. The maximum atomic E-state index is 6.61. The molecule has 0 bridgehead atoms. The van der Waals surface area contributed by atoms with Crippen LogP contribution < -0.4 is 10.3 Å². The summed E-state index contributed by atoms with van der Waals surface area (Å²) in [4.78, 5) is 0. The fourth-order valence-electron chi connectivity index (χ4n) is 4.18. The Bertz CT molecular complexity index is 1180. The van der Waals surface area contributed by atoms with E-state index < -0.39 is 14.5 Å². The molecule has 5 heteroatoms. The summed E-state index contributed by atoms with van der Waals surface area (Å²) in [5.74, 6) is 0. The molecule has 1 aromatic heterocycles. The number of fused-ring (bicyclic) bond motifs is 3. The first kappa shape index (κ1) is 27.8. The molecular weight excluding hydrogens is 453 g/mol. The van der Waals surface area contributed by atoms with Crippen LogP contribution in [0.15, 0.2) is 32.7 Å². The molecule has 0 aliphatic rings. The number of nitrogens with two attached hydrogens (primary N) is 1. The van der Waals surface area contributed by atoms with Crippen LogP contribution in [-0.2, 0) is 21.7 Å². The van der Waals surface area contributed by atoms with Crippen molar-refractivity contribution < 1.29 is 12.9 Å². The van der Waals surface area contributed by atoms with E-state index in [1.165, 1.54) is 11.1 Å². The highest BCUT2D eigenvalue weighted by molar-refractivity contribution is 7.31. The van der Waals surface area contributed by atoms with Crippen molar-refractivity contribution >= 4 is 30.2 Å². The van der Waals surface area contributed by atoms with Crippen molar-refractivity contribution in [2.75, 3.05) is 0 Å². The maximum Gasteiger partial charge on any atom is 0.389 e. The summed E-state index contributed by atoms with van der Waals surface area (Å²) in [6, 6.07) is 9.16. The van der Waals surface area contributed by atoms with Crippen LogP contribution in [0.2, 0.25) is 0 Å². The molecule has 0 amide bonds. The zero-order chi connectivity index (χ0) is 26.7. The summed E-state index contributed by atoms with van der Waals surface area (Å²) in [6.07, 6.45) is -0.509. The van der Waals surface area contributed by atoms with Crippen molar-refractivity contribution in [3.05, 3.63) is 46.5 Å². The van der Waals surface area contributed by atoms with Crippen molar-refractivity contribution in [1.29, 1.82) is 0 Å². The molecule has 3 aromatic rings. The van der Waals surface area contributed by atoms with Gasteiger partial charge in [-0.15, -0.1) is 0 Å². The molecule has 1 unspecified atom stereocenters. The quantitative estimate of drug-likeness (QED) is 0.357. The third-order valence-corrected chi connectivity index (χ3v) is 7.57. The highest BCUT2D eigenvalue weighted by Gasteiger charge is 2.28. The number of hydrogen-bond acceptors (Lipinski definition) is 4. The van der Waals surface area contributed by atoms with Crippen LogP contribution in [0.25, 0.3) is 21.9 Å². The van der Waals surface area contributed by atoms with Crippen LogP contribution in [0, 0.1) is 0 Å². The minimum atomic E-state index is -1.74. The zero-order valence-electron chi connectivity index (χ0n) is 24.1. The van der Waals surface area contributed by atoms with E-state index in [4.69, 9.17) is 18.7 Å². The predicted molar refractivity (Wildman–Crippen MR) is 151 cm³/mol. The van der Waals surface area contributed by atoms with E-state index in [-0.39, 0.29) is 21.7 Å². The smallest absolute Gasteiger partial charge is 0.389 e. The Balaban J connectivity index is 2.75. The highest BCUT2D eigenvalue weighted by atomic mass is 31.1. The molecule has 0 fully saturated rings. The van der Waals surface area contributed by atoms with Crippen LogP contribution in [0.5, 0.6) is 0 Å². The van der Waals surface area contributed by atoms with Gasteiger partial charge in [-0.05, 0) is 51.8 Å². The molecule has 3 rings (SSSR count). The largest absolute Gasteiger partial charge is 0.399 e. The second kappa shape index (κ2) is 8.98. The van der Waals surface area contributed by atoms with Gasteiger partial charge in [-0.3, -0.25) is 4.52 Å². The van der Waals surface area contributed by atoms with Crippen molar-refractivity contribution in [3.8, 4) is 0 Å². The van der Waals surface area contributed by atoms with Gasteiger partial charge in [0, 0.05) is 21.9 Å². The van der Waals surface area contributed by atoms with Crippen LogP contribution in [0.4, 0.5) is 0 Å². The van der Waals surface area contributed by atoms with Gasteiger partial charge in [0.1, 0.15) is 17.4 Å². The van der Waals surface area contributed by atoms with Crippen molar-refractivity contribution in [2.45, 2.75) is 118 Å². The SMILES string of the molecule is CC(N)Op1oc2c(C(C)(C)C)cc(C(C)(C)C)cc2c2cc(C(C)(C)C)cc(C(C)(C)C)c2o1. The second-order valence-electron chi connectivity index (χ2n) is 14.0. The van der Waals surface area contributed by atoms with E-state index in [1.54, 1.807) is 0 Å². The average molecular weight is 500 g/mol. The fourth-order valence-corrected chi connectivity index (χ4v) is 5.27. The van der Waals surface area contributed by atoms with Gasteiger partial charge >= 0.3 is 8.24 Å². The van der Waals surface area contributed by atoms with E-state index in [2.05, 4.69) is 107 Å². The van der Waals surface area contributed by atoms with Gasteiger partial charge < -0.3 is 14.1 Å². The van der Waals surface area contributed by atoms with E-state index in [9.17, 15) is 0 Å². The third-order valence-electron chi connectivity index (χ3n) is 6.40. The highest BCUT2D eigenvalue weighted by Crippen LogP contribution is 2.45. The summed E-state index contributed by atoms with van der Waals surface area (Å²) in [6.45, 7) is 28.7. The topological polar surface area (TPSA) is 61.5 Å². The Morgan fingerprint density at radius 1 is 0.629 bits per heavy atom. The van der Waals surface area contributed by atoms with Crippen LogP contribution in [0.1, 0.15) is 112 Å². The molecule has 0 saturated heterocycles. The van der Waals surface area contributed by atoms with E-state index in [0.717, 1.165) is 33.1 Å². The van der Waals surface area contributed by atoms with Gasteiger partial charge in [0.05, 0.1) is 0 Å². The van der Waals surface area contributed by atoms with Gasteiger partial charge in [-0.25, -0.2) is 0 Å². The molecule has 0 spiro atoms. The van der Waals surface area contributed by atoms with Crippen molar-refractivity contribution in [3.63, 3.8) is 0 Å². The first-order valence-electron chi connectivity index (χ1n) is 12.7. The molecule has 0 aliphatic heterocycles. The Labute approximate surface area is 213 Å². The monoisotopic (exact) mass is 499 g/mol. The van der Waals surface area contributed by atoms with E-state index >= 15 is 0 Å². The standard InChI is InChI=1S/C30H46NO3P/c1-18(31)32-35-33-25-21(14-19(27(2,3)4)16-23(25)29(8,9)10)22-15-20(28(5,6)7)17-24(26(22)34-35)30(11,12)13/h14-18H,31H2,1-13H3. The van der Waals surface area contributed by atoms with Crippen LogP contribution in [-0.4, -0.2) is 6.23 Å². The van der Waals surface area contributed by atoms with Crippen LogP contribution >= 0.6 is 8.24 Å². The normalized spacial score (nSPS) is 14.6. The van der Waals surface area contributed by atoms with E-state index in [1.807, 2.05) is 6.92 Å².